The van der Waals surface area contributed by atoms with Gasteiger partial charge in [0.2, 0.25) is 0 Å². The summed E-state index contributed by atoms with van der Waals surface area (Å²) >= 11 is 3.55. The number of benzene rings is 1. The lowest BCUT2D eigenvalue weighted by Crippen LogP contribution is -2.45. The van der Waals surface area contributed by atoms with E-state index in [0.29, 0.717) is 0 Å². The quantitative estimate of drug-likeness (QED) is 0.724. The first-order chi connectivity index (χ1) is 7.69. The van der Waals surface area contributed by atoms with E-state index in [2.05, 4.69) is 68.4 Å². The Bertz CT molecular complexity index is 398. The molecule has 1 unspecified atom stereocenters. The Morgan fingerprint density at radius 1 is 1.29 bits per heavy atom. The summed E-state index contributed by atoms with van der Waals surface area (Å²) in [7, 11) is 0.143. The van der Waals surface area contributed by atoms with E-state index in [1.165, 1.54) is 15.6 Å². The molecule has 0 heterocycles. The molecular weight excluding hydrogens is 292 g/mol. The average Bonchev–Trinajstić information content (AvgIpc) is 2.22. The molecule has 1 nitrogen and oxygen atoms in total. The van der Waals surface area contributed by atoms with Crippen LogP contribution in [0.15, 0.2) is 22.7 Å². The summed E-state index contributed by atoms with van der Waals surface area (Å²) in [5.41, 5.74) is 2.68. The van der Waals surface area contributed by atoms with Gasteiger partial charge in [0.25, 0.3) is 0 Å². The number of hydrogen-bond acceptors (Lipinski definition) is 1. The highest BCUT2D eigenvalue weighted by Gasteiger charge is 2.41. The maximum absolute atomic E-state index is 5.90. The van der Waals surface area contributed by atoms with Crippen molar-refractivity contribution in [3.05, 3.63) is 33.8 Å². The Balaban J connectivity index is 2.99. The van der Waals surface area contributed by atoms with Gasteiger partial charge in [-0.3, -0.25) is 0 Å². The minimum absolute atomic E-state index is 0.253. The molecular formula is C14H23BrOSi. The molecule has 17 heavy (non-hydrogen) atoms. The second-order valence-electron chi connectivity index (χ2n) is 5.95. The minimum atomic E-state index is -1.72. The van der Waals surface area contributed by atoms with Crippen LogP contribution >= 0.6 is 15.9 Å². The Morgan fingerprint density at radius 2 is 1.88 bits per heavy atom. The number of aryl methyl sites for hydroxylation is 1. The third kappa shape index (κ3) is 3.43. The van der Waals surface area contributed by atoms with Crippen molar-refractivity contribution >= 4 is 24.2 Å². The SMILES string of the molecule is CO[Si](C)(Cc1ccc(Br)c(C)c1)C(C)(C)C. The van der Waals surface area contributed by atoms with Crippen molar-refractivity contribution in [3.8, 4) is 0 Å². The first-order valence-corrected chi connectivity index (χ1v) is 9.40. The molecule has 0 fully saturated rings. The molecule has 1 rings (SSSR count). The van der Waals surface area contributed by atoms with E-state index >= 15 is 0 Å². The van der Waals surface area contributed by atoms with Crippen LogP contribution in [0.25, 0.3) is 0 Å². The largest absolute Gasteiger partial charge is 0.419 e. The zero-order valence-corrected chi connectivity index (χ0v) is 14.3. The molecule has 0 aromatic heterocycles. The normalized spacial score (nSPS) is 15.7. The van der Waals surface area contributed by atoms with Crippen LogP contribution in [0.4, 0.5) is 0 Å². The molecule has 0 bridgehead atoms. The predicted molar refractivity (Wildman–Crippen MR) is 80.9 cm³/mol. The van der Waals surface area contributed by atoms with E-state index in [1.807, 2.05) is 7.11 Å². The third-order valence-corrected chi connectivity index (χ3v) is 9.85. The highest BCUT2D eigenvalue weighted by molar-refractivity contribution is 9.10. The number of rotatable bonds is 3. The molecule has 1 aromatic rings. The van der Waals surface area contributed by atoms with Gasteiger partial charge >= 0.3 is 0 Å². The van der Waals surface area contributed by atoms with Crippen LogP contribution in [-0.4, -0.2) is 15.4 Å². The highest BCUT2D eigenvalue weighted by atomic mass is 79.9. The number of halogens is 1. The first kappa shape index (κ1) is 14.9. The van der Waals surface area contributed by atoms with Crippen molar-refractivity contribution in [1.82, 2.24) is 0 Å². The van der Waals surface area contributed by atoms with Crippen LogP contribution in [0.5, 0.6) is 0 Å². The molecule has 0 aliphatic rings. The smallest absolute Gasteiger partial charge is 0.198 e. The van der Waals surface area contributed by atoms with Crippen LogP contribution in [0.3, 0.4) is 0 Å². The monoisotopic (exact) mass is 314 g/mol. The maximum Gasteiger partial charge on any atom is 0.198 e. The van der Waals surface area contributed by atoms with E-state index in [-0.39, 0.29) is 5.04 Å². The van der Waals surface area contributed by atoms with E-state index in [0.717, 1.165) is 6.04 Å². The van der Waals surface area contributed by atoms with Crippen LogP contribution in [0.1, 0.15) is 31.9 Å². The van der Waals surface area contributed by atoms with Gasteiger partial charge in [-0.1, -0.05) is 48.8 Å². The van der Waals surface area contributed by atoms with Gasteiger partial charge in [-0.05, 0) is 41.7 Å². The average molecular weight is 315 g/mol. The molecule has 0 amide bonds. The summed E-state index contributed by atoms with van der Waals surface area (Å²) in [6.45, 7) is 11.3. The summed E-state index contributed by atoms with van der Waals surface area (Å²) < 4.78 is 7.08. The summed E-state index contributed by atoms with van der Waals surface area (Å²) in [6.07, 6.45) is 0. The summed E-state index contributed by atoms with van der Waals surface area (Å²) in [5, 5.41) is 0.253. The van der Waals surface area contributed by atoms with Crippen molar-refractivity contribution in [2.75, 3.05) is 7.11 Å². The summed E-state index contributed by atoms with van der Waals surface area (Å²) in [6, 6.07) is 7.67. The number of hydrogen-bond donors (Lipinski definition) is 0. The van der Waals surface area contributed by atoms with Crippen LogP contribution in [-0.2, 0) is 10.5 Å². The van der Waals surface area contributed by atoms with Gasteiger partial charge in [0.15, 0.2) is 8.32 Å². The lowest BCUT2D eigenvalue weighted by atomic mass is 10.2. The van der Waals surface area contributed by atoms with Gasteiger partial charge in [-0.15, -0.1) is 0 Å². The third-order valence-electron chi connectivity index (χ3n) is 3.80. The van der Waals surface area contributed by atoms with Crippen molar-refractivity contribution in [3.63, 3.8) is 0 Å². The second-order valence-corrected chi connectivity index (χ2v) is 11.5. The van der Waals surface area contributed by atoms with E-state index < -0.39 is 8.32 Å². The standard InChI is InChI=1S/C14H23BrOSi/c1-11-9-12(7-8-13(11)15)10-17(6,16-5)14(2,3)4/h7-9H,10H2,1-6H3. The molecule has 0 spiro atoms. The predicted octanol–water partition coefficient (Wildman–Crippen LogP) is 4.86. The zero-order valence-electron chi connectivity index (χ0n) is 11.7. The fraction of sp³-hybridized carbons (Fsp3) is 0.571. The Labute approximate surface area is 115 Å². The van der Waals surface area contributed by atoms with Crippen LogP contribution < -0.4 is 0 Å². The second kappa shape index (κ2) is 5.25. The molecule has 1 aromatic carbocycles. The Morgan fingerprint density at radius 3 is 2.29 bits per heavy atom. The summed E-state index contributed by atoms with van der Waals surface area (Å²) in [4.78, 5) is 0. The molecule has 0 N–H and O–H groups in total. The molecule has 0 saturated carbocycles. The lowest BCUT2D eigenvalue weighted by molar-refractivity contribution is 0.365. The van der Waals surface area contributed by atoms with Gasteiger partial charge in [-0.2, -0.15) is 0 Å². The fourth-order valence-electron chi connectivity index (χ4n) is 1.85. The van der Waals surface area contributed by atoms with Crippen molar-refractivity contribution in [2.45, 2.75) is 45.3 Å². The van der Waals surface area contributed by atoms with Gasteiger partial charge in [-0.25, -0.2) is 0 Å². The van der Waals surface area contributed by atoms with E-state index in [1.54, 1.807) is 0 Å². The maximum atomic E-state index is 5.90. The van der Waals surface area contributed by atoms with Gasteiger partial charge in [0, 0.05) is 11.6 Å². The van der Waals surface area contributed by atoms with E-state index in [4.69, 9.17) is 4.43 Å². The zero-order chi connectivity index (χ0) is 13.3. The molecule has 0 saturated heterocycles. The lowest BCUT2D eigenvalue weighted by Gasteiger charge is -2.38. The summed E-state index contributed by atoms with van der Waals surface area (Å²) in [5.74, 6) is 0. The van der Waals surface area contributed by atoms with Crippen molar-refractivity contribution in [2.24, 2.45) is 0 Å². The van der Waals surface area contributed by atoms with Crippen LogP contribution in [0.2, 0.25) is 11.6 Å². The van der Waals surface area contributed by atoms with Crippen molar-refractivity contribution < 1.29 is 4.43 Å². The van der Waals surface area contributed by atoms with Gasteiger partial charge < -0.3 is 4.43 Å². The fourth-order valence-corrected chi connectivity index (χ4v) is 4.38. The molecule has 1 atom stereocenters. The topological polar surface area (TPSA) is 9.23 Å². The highest BCUT2D eigenvalue weighted by Crippen LogP contribution is 2.38. The Hall–Kier alpha value is -0.123. The van der Waals surface area contributed by atoms with E-state index in [9.17, 15) is 0 Å². The molecule has 0 radical (unpaired) electrons. The van der Waals surface area contributed by atoms with Gasteiger partial charge in [0.05, 0.1) is 0 Å². The molecule has 3 heteroatoms. The van der Waals surface area contributed by atoms with Crippen molar-refractivity contribution in [1.29, 1.82) is 0 Å². The minimum Gasteiger partial charge on any atom is -0.419 e. The van der Waals surface area contributed by atoms with Gasteiger partial charge in [0.1, 0.15) is 0 Å². The molecule has 0 aliphatic heterocycles. The Kier molecular flexibility index (Phi) is 4.61. The first-order valence-electron chi connectivity index (χ1n) is 6.00. The molecule has 0 aliphatic carbocycles. The molecule has 96 valence electrons. The van der Waals surface area contributed by atoms with Crippen LogP contribution in [0, 0.1) is 6.92 Å².